The molecule has 13 heavy (non-hydrogen) atoms. The van der Waals surface area contributed by atoms with Crippen LogP contribution in [0.4, 0.5) is 0 Å². The van der Waals surface area contributed by atoms with Crippen molar-refractivity contribution in [2.24, 2.45) is 0 Å². The first-order valence-electron chi connectivity index (χ1n) is 4.32. The molecule has 0 heterocycles. The fourth-order valence-electron chi connectivity index (χ4n) is 1.45. The maximum absolute atomic E-state index is 3.59. The van der Waals surface area contributed by atoms with Crippen molar-refractivity contribution in [1.29, 1.82) is 0 Å². The first-order chi connectivity index (χ1) is 6.08. The van der Waals surface area contributed by atoms with Gasteiger partial charge in [0.25, 0.3) is 0 Å². The lowest BCUT2D eigenvalue weighted by atomic mass is 9.87. The summed E-state index contributed by atoms with van der Waals surface area (Å²) in [6, 6.07) is 8.46. The van der Waals surface area contributed by atoms with Crippen LogP contribution < -0.4 is 0 Å². The van der Waals surface area contributed by atoms with Gasteiger partial charge in [0.15, 0.2) is 0 Å². The zero-order valence-corrected chi connectivity index (χ0v) is 10.7. The molecule has 0 radical (unpaired) electrons. The Morgan fingerprint density at radius 1 is 1.31 bits per heavy atom. The molecule has 1 rings (SSSR count). The monoisotopic (exact) mass is 258 g/mol. The lowest BCUT2D eigenvalue weighted by Crippen LogP contribution is -2.20. The molecule has 0 aliphatic heterocycles. The van der Waals surface area contributed by atoms with Crippen molar-refractivity contribution in [3.05, 3.63) is 34.3 Å². The quantitative estimate of drug-likeness (QED) is 0.787. The Hall–Kier alpha value is 0.0500. The normalized spacial score (nSPS) is 11.7. The van der Waals surface area contributed by atoms with Gasteiger partial charge in [0.05, 0.1) is 0 Å². The van der Waals surface area contributed by atoms with Crippen LogP contribution in [0.5, 0.6) is 0 Å². The van der Waals surface area contributed by atoms with E-state index in [1.165, 1.54) is 10.0 Å². The van der Waals surface area contributed by atoms with Crippen LogP contribution in [0, 0.1) is 0 Å². The first kappa shape index (κ1) is 11.1. The zero-order chi connectivity index (χ0) is 9.90. The Morgan fingerprint density at radius 3 is 2.46 bits per heavy atom. The molecule has 0 bridgehead atoms. The second-order valence-electron chi connectivity index (χ2n) is 3.80. The van der Waals surface area contributed by atoms with Gasteiger partial charge < -0.3 is 0 Å². The molecule has 1 aromatic carbocycles. The van der Waals surface area contributed by atoms with Gasteiger partial charge in [0.2, 0.25) is 0 Å². The molecule has 72 valence electrons. The van der Waals surface area contributed by atoms with E-state index in [0.29, 0.717) is 0 Å². The molecule has 0 saturated heterocycles. The van der Waals surface area contributed by atoms with Crippen LogP contribution in [0.1, 0.15) is 19.4 Å². The van der Waals surface area contributed by atoms with Crippen LogP contribution in [0.25, 0.3) is 0 Å². The van der Waals surface area contributed by atoms with Gasteiger partial charge in [0.1, 0.15) is 0 Å². The van der Waals surface area contributed by atoms with Crippen LogP contribution in [-0.2, 0) is 5.41 Å². The van der Waals surface area contributed by atoms with E-state index in [4.69, 9.17) is 0 Å². The predicted octanol–water partition coefficient (Wildman–Crippen LogP) is 4.09. The molecular formula is C11H15BrS. The lowest BCUT2D eigenvalue weighted by molar-refractivity contribution is 0.599. The second-order valence-corrected chi connectivity index (χ2v) is 5.52. The van der Waals surface area contributed by atoms with E-state index in [-0.39, 0.29) is 5.41 Å². The summed E-state index contributed by atoms with van der Waals surface area (Å²) in [7, 11) is 0. The maximum atomic E-state index is 3.59. The van der Waals surface area contributed by atoms with Gasteiger partial charge in [-0.3, -0.25) is 0 Å². The van der Waals surface area contributed by atoms with Gasteiger partial charge in [0, 0.05) is 10.2 Å². The molecule has 0 nitrogen and oxygen atoms in total. The zero-order valence-electron chi connectivity index (χ0n) is 8.30. The summed E-state index contributed by atoms with van der Waals surface area (Å²) in [4.78, 5) is 0. The van der Waals surface area contributed by atoms with E-state index in [1.807, 2.05) is 11.8 Å². The van der Waals surface area contributed by atoms with E-state index in [2.05, 4.69) is 60.3 Å². The molecule has 1 aromatic rings. The van der Waals surface area contributed by atoms with Crippen molar-refractivity contribution < 1.29 is 0 Å². The smallest absolute Gasteiger partial charge is 0.0213 e. The summed E-state index contributed by atoms with van der Waals surface area (Å²) >= 11 is 5.48. The molecular weight excluding hydrogens is 244 g/mol. The van der Waals surface area contributed by atoms with Gasteiger partial charge in [-0.25, -0.2) is 0 Å². The minimum atomic E-state index is 0.250. The van der Waals surface area contributed by atoms with Crippen LogP contribution in [0.2, 0.25) is 0 Å². The van der Waals surface area contributed by atoms with Crippen molar-refractivity contribution in [2.45, 2.75) is 19.3 Å². The molecule has 0 saturated carbocycles. The first-order valence-corrected chi connectivity index (χ1v) is 6.50. The molecule has 0 aliphatic rings. The number of rotatable bonds is 3. The summed E-state index contributed by atoms with van der Waals surface area (Å²) < 4.78 is 1.22. The van der Waals surface area contributed by atoms with Crippen LogP contribution in [-0.4, -0.2) is 12.0 Å². The van der Waals surface area contributed by atoms with Crippen LogP contribution in [0.3, 0.4) is 0 Å². The Kier molecular flexibility index (Phi) is 3.87. The standard InChI is InChI=1S/C11H15BrS/c1-11(2,8-13-3)9-6-4-5-7-10(9)12/h4-7H,8H2,1-3H3. The van der Waals surface area contributed by atoms with Gasteiger partial charge in [-0.05, 0) is 23.3 Å². The van der Waals surface area contributed by atoms with E-state index in [1.54, 1.807) is 0 Å². The maximum Gasteiger partial charge on any atom is 0.0213 e. The molecule has 0 N–H and O–H groups in total. The fraction of sp³-hybridized carbons (Fsp3) is 0.455. The summed E-state index contributed by atoms with van der Waals surface area (Å²) in [6.07, 6.45) is 2.15. The highest BCUT2D eigenvalue weighted by molar-refractivity contribution is 9.10. The van der Waals surface area contributed by atoms with Gasteiger partial charge >= 0.3 is 0 Å². The highest BCUT2D eigenvalue weighted by Crippen LogP contribution is 2.31. The average molecular weight is 259 g/mol. The van der Waals surface area contributed by atoms with Crippen LogP contribution >= 0.6 is 27.7 Å². The van der Waals surface area contributed by atoms with E-state index >= 15 is 0 Å². The molecule has 0 spiro atoms. The van der Waals surface area contributed by atoms with Crippen molar-refractivity contribution >= 4 is 27.7 Å². The lowest BCUT2D eigenvalue weighted by Gasteiger charge is -2.25. The van der Waals surface area contributed by atoms with Gasteiger partial charge in [-0.15, -0.1) is 0 Å². The van der Waals surface area contributed by atoms with Crippen molar-refractivity contribution in [1.82, 2.24) is 0 Å². The molecule has 0 fully saturated rings. The Bertz CT molecular complexity index is 281. The minimum absolute atomic E-state index is 0.250. The van der Waals surface area contributed by atoms with Crippen molar-refractivity contribution in [3.8, 4) is 0 Å². The largest absolute Gasteiger partial charge is 0.165 e. The summed E-state index contributed by atoms with van der Waals surface area (Å²) in [5.41, 5.74) is 1.64. The molecule has 0 atom stereocenters. The number of thioether (sulfide) groups is 1. The third-order valence-electron chi connectivity index (χ3n) is 2.11. The van der Waals surface area contributed by atoms with Crippen molar-refractivity contribution in [2.75, 3.05) is 12.0 Å². The summed E-state index contributed by atoms with van der Waals surface area (Å²) in [6.45, 7) is 4.56. The molecule has 0 aromatic heterocycles. The highest BCUT2D eigenvalue weighted by Gasteiger charge is 2.21. The number of halogens is 1. The minimum Gasteiger partial charge on any atom is -0.165 e. The predicted molar refractivity (Wildman–Crippen MR) is 65.6 cm³/mol. The Labute approximate surface area is 93.2 Å². The number of benzene rings is 1. The third kappa shape index (κ3) is 2.75. The molecule has 2 heteroatoms. The number of hydrogen-bond acceptors (Lipinski definition) is 1. The topological polar surface area (TPSA) is 0 Å². The van der Waals surface area contributed by atoms with Crippen LogP contribution in [0.15, 0.2) is 28.7 Å². The van der Waals surface area contributed by atoms with Crippen molar-refractivity contribution in [3.63, 3.8) is 0 Å². The van der Waals surface area contributed by atoms with Gasteiger partial charge in [-0.1, -0.05) is 48.0 Å². The van der Waals surface area contributed by atoms with E-state index < -0.39 is 0 Å². The Balaban J connectivity index is 2.99. The van der Waals surface area contributed by atoms with E-state index in [0.717, 1.165) is 5.75 Å². The SMILES string of the molecule is CSCC(C)(C)c1ccccc1Br. The molecule has 0 unspecified atom stereocenters. The third-order valence-corrected chi connectivity index (χ3v) is 3.81. The van der Waals surface area contributed by atoms with E-state index in [9.17, 15) is 0 Å². The summed E-state index contributed by atoms with van der Waals surface area (Å²) in [5.74, 6) is 1.15. The second kappa shape index (κ2) is 4.52. The average Bonchev–Trinajstić information content (AvgIpc) is 2.04. The summed E-state index contributed by atoms with van der Waals surface area (Å²) in [5, 5.41) is 0. The number of hydrogen-bond donors (Lipinski definition) is 0. The van der Waals surface area contributed by atoms with Gasteiger partial charge in [-0.2, -0.15) is 11.8 Å². The fourth-order valence-corrected chi connectivity index (χ4v) is 3.15. The Morgan fingerprint density at radius 2 is 1.92 bits per heavy atom. The highest BCUT2D eigenvalue weighted by atomic mass is 79.9. The molecule has 0 amide bonds. The molecule has 0 aliphatic carbocycles.